The van der Waals surface area contributed by atoms with Crippen LogP contribution in [-0.4, -0.2) is 37.2 Å². The van der Waals surface area contributed by atoms with Gasteiger partial charge in [0.1, 0.15) is 22.9 Å². The van der Waals surface area contributed by atoms with Crippen LogP contribution >= 0.6 is 0 Å². The van der Waals surface area contributed by atoms with Gasteiger partial charge in [-0.1, -0.05) is 34.6 Å². The molecular weight excluding hydrogens is 399 g/mol. The third-order valence-electron chi connectivity index (χ3n) is 4.66. The van der Waals surface area contributed by atoms with E-state index in [2.05, 4.69) is 25.4 Å². The summed E-state index contributed by atoms with van der Waals surface area (Å²) in [4.78, 5) is 8.53. The first-order valence-corrected chi connectivity index (χ1v) is 9.34. The minimum atomic E-state index is -0.433. The lowest BCUT2D eigenvalue weighted by atomic mass is 10.1. The summed E-state index contributed by atoms with van der Waals surface area (Å²) in [5, 5.41) is 12.5. The maximum Gasteiger partial charge on any atom is 0.281 e. The minimum absolute atomic E-state index is 0.159. The Labute approximate surface area is 176 Å². The van der Waals surface area contributed by atoms with Gasteiger partial charge >= 0.3 is 0 Å². The van der Waals surface area contributed by atoms with Crippen LogP contribution in [0.5, 0.6) is 5.75 Å². The number of hydrogen-bond donors (Lipinski definition) is 0. The van der Waals surface area contributed by atoms with Crippen molar-refractivity contribution < 1.29 is 13.7 Å². The standard InChI is InChI=1S/C22H15FN6O2/c1-30-16-6-4-5-15(13-16)21-25-22(31-27-21)19-20(14-9-11-24-12-10-14)29(28-26-19)18-8-3-2-7-17(18)23/h2-13H,1H3. The molecule has 0 bridgehead atoms. The first kappa shape index (κ1) is 18.6. The molecule has 0 aliphatic carbocycles. The van der Waals surface area contributed by atoms with Crippen LogP contribution in [0.1, 0.15) is 0 Å². The van der Waals surface area contributed by atoms with E-state index in [1.807, 2.05) is 18.2 Å². The molecule has 0 saturated heterocycles. The predicted molar refractivity (Wildman–Crippen MR) is 110 cm³/mol. The molecule has 0 N–H and O–H groups in total. The zero-order valence-electron chi connectivity index (χ0n) is 16.3. The average molecular weight is 414 g/mol. The van der Waals surface area contributed by atoms with E-state index >= 15 is 0 Å². The van der Waals surface area contributed by atoms with Gasteiger partial charge in [0.05, 0.1) is 7.11 Å². The van der Waals surface area contributed by atoms with Crippen LogP contribution in [0.2, 0.25) is 0 Å². The van der Waals surface area contributed by atoms with E-state index in [9.17, 15) is 4.39 Å². The first-order valence-electron chi connectivity index (χ1n) is 9.34. The van der Waals surface area contributed by atoms with E-state index < -0.39 is 5.82 Å². The van der Waals surface area contributed by atoms with Gasteiger partial charge in [0.25, 0.3) is 5.89 Å². The number of para-hydroxylation sites is 1. The van der Waals surface area contributed by atoms with Gasteiger partial charge in [0.2, 0.25) is 5.82 Å². The molecule has 0 fully saturated rings. The summed E-state index contributed by atoms with van der Waals surface area (Å²) in [7, 11) is 1.59. The molecule has 0 unspecified atom stereocenters. The second kappa shape index (κ2) is 7.79. The molecule has 5 aromatic rings. The molecule has 152 valence electrons. The lowest BCUT2D eigenvalue weighted by molar-refractivity contribution is 0.414. The van der Waals surface area contributed by atoms with Gasteiger partial charge in [-0.2, -0.15) is 4.98 Å². The molecule has 5 rings (SSSR count). The number of aromatic nitrogens is 6. The largest absolute Gasteiger partial charge is 0.497 e. The fourth-order valence-electron chi connectivity index (χ4n) is 3.19. The molecule has 3 aromatic heterocycles. The van der Waals surface area contributed by atoms with Crippen LogP contribution < -0.4 is 4.74 Å². The van der Waals surface area contributed by atoms with Crippen LogP contribution in [0.4, 0.5) is 4.39 Å². The van der Waals surface area contributed by atoms with Crippen molar-refractivity contribution in [3.63, 3.8) is 0 Å². The van der Waals surface area contributed by atoms with Crippen molar-refractivity contribution in [2.24, 2.45) is 0 Å². The SMILES string of the molecule is COc1cccc(-c2noc(-c3nnn(-c4ccccc4F)c3-c3ccncc3)n2)c1. The molecule has 0 atom stereocenters. The van der Waals surface area contributed by atoms with Crippen molar-refractivity contribution in [2.75, 3.05) is 7.11 Å². The fraction of sp³-hybridized carbons (Fsp3) is 0.0455. The van der Waals surface area contributed by atoms with Crippen molar-refractivity contribution in [3.8, 4) is 45.7 Å². The smallest absolute Gasteiger partial charge is 0.281 e. The highest BCUT2D eigenvalue weighted by molar-refractivity contribution is 5.76. The Bertz CT molecular complexity index is 1350. The maximum atomic E-state index is 14.5. The van der Waals surface area contributed by atoms with E-state index in [1.165, 1.54) is 10.7 Å². The molecule has 8 nitrogen and oxygen atoms in total. The number of hydrogen-bond acceptors (Lipinski definition) is 7. The van der Waals surface area contributed by atoms with E-state index in [-0.39, 0.29) is 11.6 Å². The number of ether oxygens (including phenoxy) is 1. The second-order valence-corrected chi connectivity index (χ2v) is 6.54. The van der Waals surface area contributed by atoms with Crippen LogP contribution in [0.25, 0.3) is 39.9 Å². The molecule has 0 saturated carbocycles. The molecule has 0 aliphatic heterocycles. The molecule has 0 spiro atoms. The first-order chi connectivity index (χ1) is 15.2. The Morgan fingerprint density at radius 3 is 2.61 bits per heavy atom. The minimum Gasteiger partial charge on any atom is -0.497 e. The van der Waals surface area contributed by atoms with Crippen LogP contribution in [0.15, 0.2) is 77.6 Å². The Hall–Kier alpha value is -4.40. The molecular formula is C22H15FN6O2. The highest BCUT2D eigenvalue weighted by atomic mass is 19.1. The number of pyridine rings is 1. The summed E-state index contributed by atoms with van der Waals surface area (Å²) in [5.41, 5.74) is 2.53. The van der Waals surface area contributed by atoms with Gasteiger partial charge in [-0.3, -0.25) is 4.98 Å². The number of rotatable bonds is 5. The van der Waals surface area contributed by atoms with E-state index in [1.54, 1.807) is 55.9 Å². The summed E-state index contributed by atoms with van der Waals surface area (Å²) in [6.45, 7) is 0. The van der Waals surface area contributed by atoms with Crippen LogP contribution in [-0.2, 0) is 0 Å². The molecule has 0 aliphatic rings. The van der Waals surface area contributed by atoms with E-state index in [0.717, 1.165) is 11.1 Å². The molecule has 2 aromatic carbocycles. The quantitative estimate of drug-likeness (QED) is 0.426. The molecule has 31 heavy (non-hydrogen) atoms. The predicted octanol–water partition coefficient (Wildman–Crippen LogP) is 4.19. The topological polar surface area (TPSA) is 91.8 Å². The molecule has 3 heterocycles. The normalized spacial score (nSPS) is 10.9. The zero-order valence-corrected chi connectivity index (χ0v) is 16.3. The van der Waals surface area contributed by atoms with Gasteiger partial charge in [0, 0.05) is 23.5 Å². The van der Waals surface area contributed by atoms with Gasteiger partial charge < -0.3 is 9.26 Å². The van der Waals surface area contributed by atoms with Gasteiger partial charge in [-0.15, -0.1) is 5.10 Å². The summed E-state index contributed by atoms with van der Waals surface area (Å²) in [6, 6.07) is 17.2. The molecule has 9 heteroatoms. The van der Waals surface area contributed by atoms with Crippen molar-refractivity contribution in [2.45, 2.75) is 0 Å². The average Bonchev–Trinajstić information content (AvgIpc) is 3.47. The van der Waals surface area contributed by atoms with Crippen LogP contribution in [0, 0.1) is 5.82 Å². The monoisotopic (exact) mass is 414 g/mol. The van der Waals surface area contributed by atoms with Crippen molar-refractivity contribution in [1.29, 1.82) is 0 Å². The highest BCUT2D eigenvalue weighted by Crippen LogP contribution is 2.33. The third kappa shape index (κ3) is 3.42. The lowest BCUT2D eigenvalue weighted by Gasteiger charge is -2.08. The van der Waals surface area contributed by atoms with Crippen LogP contribution in [0.3, 0.4) is 0 Å². The molecule has 0 amide bonds. The highest BCUT2D eigenvalue weighted by Gasteiger charge is 2.24. The van der Waals surface area contributed by atoms with Gasteiger partial charge in [0.15, 0.2) is 5.69 Å². The lowest BCUT2D eigenvalue weighted by Crippen LogP contribution is -2.02. The number of benzene rings is 2. The summed E-state index contributed by atoms with van der Waals surface area (Å²) in [5.74, 6) is 0.769. The fourth-order valence-corrected chi connectivity index (χ4v) is 3.19. The Morgan fingerprint density at radius 1 is 0.968 bits per heavy atom. The number of nitrogens with zero attached hydrogens (tertiary/aromatic N) is 6. The zero-order chi connectivity index (χ0) is 21.2. The second-order valence-electron chi connectivity index (χ2n) is 6.54. The summed E-state index contributed by atoms with van der Waals surface area (Å²) < 4.78 is 26.7. The number of methoxy groups -OCH3 is 1. The Kier molecular flexibility index (Phi) is 4.68. The van der Waals surface area contributed by atoms with Crippen molar-refractivity contribution in [3.05, 3.63) is 78.9 Å². The van der Waals surface area contributed by atoms with Crippen molar-refractivity contribution >= 4 is 0 Å². The Balaban J connectivity index is 1.65. The maximum absolute atomic E-state index is 14.5. The summed E-state index contributed by atoms with van der Waals surface area (Å²) in [6.07, 6.45) is 3.26. The molecule has 0 radical (unpaired) electrons. The summed E-state index contributed by atoms with van der Waals surface area (Å²) >= 11 is 0. The third-order valence-corrected chi connectivity index (χ3v) is 4.66. The van der Waals surface area contributed by atoms with Crippen molar-refractivity contribution in [1.82, 2.24) is 30.1 Å². The van der Waals surface area contributed by atoms with E-state index in [0.29, 0.717) is 23.0 Å². The Morgan fingerprint density at radius 2 is 1.81 bits per heavy atom. The van der Waals surface area contributed by atoms with Gasteiger partial charge in [-0.25, -0.2) is 9.07 Å². The van der Waals surface area contributed by atoms with Gasteiger partial charge in [-0.05, 0) is 36.4 Å². The number of halogens is 1. The van der Waals surface area contributed by atoms with E-state index in [4.69, 9.17) is 9.26 Å².